The summed E-state index contributed by atoms with van der Waals surface area (Å²) >= 11 is 3.32. The van der Waals surface area contributed by atoms with Crippen LogP contribution in [0.15, 0.2) is 21.5 Å². The number of hydrogen-bond acceptors (Lipinski definition) is 3. The predicted molar refractivity (Wildman–Crippen MR) is 77.8 cm³/mol. The van der Waals surface area contributed by atoms with Gasteiger partial charge in [-0.3, -0.25) is 0 Å². The number of sulfonamides is 1. The van der Waals surface area contributed by atoms with Gasteiger partial charge in [0.05, 0.1) is 11.0 Å². The zero-order chi connectivity index (χ0) is 14.0. The van der Waals surface area contributed by atoms with E-state index >= 15 is 0 Å². The van der Waals surface area contributed by atoms with Gasteiger partial charge < -0.3 is 4.74 Å². The lowest BCUT2D eigenvalue weighted by molar-refractivity contribution is 0.114. The maximum Gasteiger partial charge on any atom is 0.241 e. The van der Waals surface area contributed by atoms with Crippen LogP contribution in [0.2, 0.25) is 0 Å². The summed E-state index contributed by atoms with van der Waals surface area (Å²) in [6.45, 7) is 4.92. The molecule has 0 spiro atoms. The smallest absolute Gasteiger partial charge is 0.241 e. The highest BCUT2D eigenvalue weighted by Crippen LogP contribution is 2.25. The van der Waals surface area contributed by atoms with Crippen LogP contribution >= 0.6 is 15.9 Å². The number of aryl methyl sites for hydroxylation is 2. The first-order chi connectivity index (χ1) is 8.90. The minimum Gasteiger partial charge on any atom is -0.377 e. The molecule has 106 valence electrons. The van der Waals surface area contributed by atoms with Gasteiger partial charge in [-0.25, -0.2) is 13.1 Å². The van der Waals surface area contributed by atoms with Crippen molar-refractivity contribution >= 4 is 26.0 Å². The Morgan fingerprint density at radius 1 is 1.37 bits per heavy atom. The fraction of sp³-hybridized carbons (Fsp3) is 0.538. The molecule has 1 aliphatic heterocycles. The van der Waals surface area contributed by atoms with Gasteiger partial charge in [0.25, 0.3) is 0 Å². The molecule has 0 bridgehead atoms. The van der Waals surface area contributed by atoms with Gasteiger partial charge in [-0.15, -0.1) is 0 Å². The van der Waals surface area contributed by atoms with Gasteiger partial charge in [0.1, 0.15) is 0 Å². The van der Waals surface area contributed by atoms with Crippen molar-refractivity contribution < 1.29 is 13.2 Å². The molecule has 2 rings (SSSR count). The van der Waals surface area contributed by atoms with Crippen molar-refractivity contribution in [3.05, 3.63) is 27.7 Å². The summed E-state index contributed by atoms with van der Waals surface area (Å²) in [5, 5.41) is 0. The maximum atomic E-state index is 12.3. The molecule has 1 unspecified atom stereocenters. The summed E-state index contributed by atoms with van der Waals surface area (Å²) in [6.07, 6.45) is 1.91. The molecular formula is C13H18BrNO3S. The number of nitrogens with one attached hydrogen (secondary N) is 1. The highest BCUT2D eigenvalue weighted by Gasteiger charge is 2.22. The standard InChI is InChI=1S/C13H18BrNO3S/c1-9-6-12(14)13(7-10(9)2)19(16,17)15-8-11-4-3-5-18-11/h6-7,11,15H,3-5,8H2,1-2H3. The van der Waals surface area contributed by atoms with Crippen LogP contribution < -0.4 is 4.72 Å². The van der Waals surface area contributed by atoms with Crippen molar-refractivity contribution in [2.75, 3.05) is 13.2 Å². The average Bonchev–Trinajstić information content (AvgIpc) is 2.84. The van der Waals surface area contributed by atoms with Crippen LogP contribution in [0.5, 0.6) is 0 Å². The van der Waals surface area contributed by atoms with Crippen LogP contribution in [-0.4, -0.2) is 27.7 Å². The molecule has 1 saturated heterocycles. The van der Waals surface area contributed by atoms with E-state index in [-0.39, 0.29) is 11.0 Å². The minimum absolute atomic E-state index is 0.0000887. The lowest BCUT2D eigenvalue weighted by atomic mass is 10.1. The molecular weight excluding hydrogens is 330 g/mol. The number of hydrogen-bond donors (Lipinski definition) is 1. The fourth-order valence-electron chi connectivity index (χ4n) is 2.05. The van der Waals surface area contributed by atoms with Crippen LogP contribution in [-0.2, 0) is 14.8 Å². The first-order valence-electron chi connectivity index (χ1n) is 6.28. The van der Waals surface area contributed by atoms with Crippen molar-refractivity contribution in [1.29, 1.82) is 0 Å². The molecule has 1 aromatic rings. The normalized spacial score (nSPS) is 19.8. The van der Waals surface area contributed by atoms with E-state index in [1.807, 2.05) is 19.9 Å². The highest BCUT2D eigenvalue weighted by molar-refractivity contribution is 9.10. The summed E-state index contributed by atoms with van der Waals surface area (Å²) in [7, 11) is -3.49. The minimum atomic E-state index is -3.49. The van der Waals surface area contributed by atoms with E-state index in [0.717, 1.165) is 30.6 Å². The molecule has 1 aromatic carbocycles. The lowest BCUT2D eigenvalue weighted by Crippen LogP contribution is -2.32. The Bertz CT molecular complexity index is 565. The Morgan fingerprint density at radius 3 is 2.68 bits per heavy atom. The molecule has 1 N–H and O–H groups in total. The van der Waals surface area contributed by atoms with Gasteiger partial charge >= 0.3 is 0 Å². The van der Waals surface area contributed by atoms with E-state index in [9.17, 15) is 8.42 Å². The molecule has 6 heteroatoms. The SMILES string of the molecule is Cc1cc(Br)c(S(=O)(=O)NCC2CCCO2)cc1C. The molecule has 1 fully saturated rings. The summed E-state index contributed by atoms with van der Waals surface area (Å²) < 4.78 is 33.2. The highest BCUT2D eigenvalue weighted by atomic mass is 79.9. The Kier molecular flexibility index (Phi) is 4.66. The van der Waals surface area contributed by atoms with Crippen LogP contribution in [0.4, 0.5) is 0 Å². The topological polar surface area (TPSA) is 55.4 Å². The van der Waals surface area contributed by atoms with Crippen molar-refractivity contribution in [2.24, 2.45) is 0 Å². The monoisotopic (exact) mass is 347 g/mol. The van der Waals surface area contributed by atoms with Gasteiger partial charge in [0.2, 0.25) is 10.0 Å². The number of benzene rings is 1. The summed E-state index contributed by atoms with van der Waals surface area (Å²) in [4.78, 5) is 0.286. The van der Waals surface area contributed by atoms with Gasteiger partial charge in [-0.1, -0.05) is 0 Å². The molecule has 1 atom stereocenters. The van der Waals surface area contributed by atoms with E-state index in [1.54, 1.807) is 6.07 Å². The summed E-state index contributed by atoms with van der Waals surface area (Å²) in [6, 6.07) is 3.52. The fourth-order valence-corrected chi connectivity index (χ4v) is 4.35. The lowest BCUT2D eigenvalue weighted by Gasteiger charge is -2.13. The largest absolute Gasteiger partial charge is 0.377 e. The second-order valence-electron chi connectivity index (χ2n) is 4.85. The van der Waals surface area contributed by atoms with Gasteiger partial charge in [-0.05, 0) is 65.9 Å². The number of rotatable bonds is 4. The van der Waals surface area contributed by atoms with Gasteiger partial charge in [-0.2, -0.15) is 0 Å². The second kappa shape index (κ2) is 5.91. The van der Waals surface area contributed by atoms with Crippen molar-refractivity contribution in [3.8, 4) is 0 Å². The molecule has 0 saturated carbocycles. The van der Waals surface area contributed by atoms with E-state index < -0.39 is 10.0 Å². The first-order valence-corrected chi connectivity index (χ1v) is 8.56. The van der Waals surface area contributed by atoms with Crippen molar-refractivity contribution in [1.82, 2.24) is 4.72 Å². The molecule has 1 aliphatic rings. The van der Waals surface area contributed by atoms with Crippen LogP contribution in [0, 0.1) is 13.8 Å². The number of ether oxygens (including phenoxy) is 1. The van der Waals surface area contributed by atoms with E-state index in [0.29, 0.717) is 11.0 Å². The van der Waals surface area contributed by atoms with Gasteiger partial charge in [0, 0.05) is 17.6 Å². The summed E-state index contributed by atoms with van der Waals surface area (Å²) in [5.74, 6) is 0. The third kappa shape index (κ3) is 3.56. The Balaban J connectivity index is 2.16. The quantitative estimate of drug-likeness (QED) is 0.910. The van der Waals surface area contributed by atoms with Crippen LogP contribution in [0.1, 0.15) is 24.0 Å². The second-order valence-corrected chi connectivity index (χ2v) is 7.44. The maximum absolute atomic E-state index is 12.3. The molecule has 0 amide bonds. The number of halogens is 1. The molecule has 4 nitrogen and oxygen atoms in total. The summed E-state index contributed by atoms with van der Waals surface area (Å²) in [5.41, 5.74) is 2.02. The van der Waals surface area contributed by atoms with E-state index in [4.69, 9.17) is 4.74 Å². The zero-order valence-corrected chi connectivity index (χ0v) is 13.5. The molecule has 1 heterocycles. The average molecular weight is 348 g/mol. The van der Waals surface area contributed by atoms with Crippen LogP contribution in [0.25, 0.3) is 0 Å². The van der Waals surface area contributed by atoms with Crippen molar-refractivity contribution in [3.63, 3.8) is 0 Å². The Morgan fingerprint density at radius 2 is 2.05 bits per heavy atom. The predicted octanol–water partition coefficient (Wildman–Crippen LogP) is 2.52. The zero-order valence-electron chi connectivity index (χ0n) is 11.1. The Labute approximate surface area is 122 Å². The van der Waals surface area contributed by atoms with Crippen molar-refractivity contribution in [2.45, 2.75) is 37.7 Å². The van der Waals surface area contributed by atoms with E-state index in [2.05, 4.69) is 20.7 Å². The molecule has 0 radical (unpaired) electrons. The molecule has 0 aromatic heterocycles. The third-order valence-electron chi connectivity index (χ3n) is 3.36. The third-order valence-corrected chi connectivity index (χ3v) is 5.74. The molecule has 19 heavy (non-hydrogen) atoms. The van der Waals surface area contributed by atoms with Gasteiger partial charge in [0.15, 0.2) is 0 Å². The Hall–Kier alpha value is -0.430. The van der Waals surface area contributed by atoms with Crippen LogP contribution in [0.3, 0.4) is 0 Å². The molecule has 0 aliphatic carbocycles. The van der Waals surface area contributed by atoms with E-state index in [1.165, 1.54) is 0 Å². The first kappa shape index (κ1) is 15.0.